The highest BCUT2D eigenvalue weighted by molar-refractivity contribution is 6.01. The molecule has 0 saturated carbocycles. The highest BCUT2D eigenvalue weighted by Crippen LogP contribution is 2.35. The fourth-order valence-corrected chi connectivity index (χ4v) is 2.38. The monoisotopic (exact) mass is 253 g/mol. The van der Waals surface area contributed by atoms with E-state index in [1.807, 2.05) is 6.07 Å². The van der Waals surface area contributed by atoms with Crippen LogP contribution in [-0.2, 0) is 0 Å². The van der Waals surface area contributed by atoms with Crippen LogP contribution in [0.15, 0.2) is 34.9 Å². The predicted octanol–water partition coefficient (Wildman–Crippen LogP) is 3.28. The average molecular weight is 253 g/mol. The Bertz CT molecular complexity index is 754. The minimum atomic E-state index is 0.244. The molecule has 3 aromatic rings. The van der Waals surface area contributed by atoms with Crippen molar-refractivity contribution in [2.24, 2.45) is 0 Å². The molecule has 0 bridgehead atoms. The van der Waals surface area contributed by atoms with Gasteiger partial charge in [0.05, 0.1) is 0 Å². The Morgan fingerprint density at radius 1 is 1.05 bits per heavy atom. The molecule has 2 aromatic heterocycles. The van der Waals surface area contributed by atoms with E-state index in [-0.39, 0.29) is 5.88 Å². The number of hydrogen-bond donors (Lipinski definition) is 2. The lowest BCUT2D eigenvalue weighted by Gasteiger charge is -2.05. The van der Waals surface area contributed by atoms with Crippen LogP contribution in [0.1, 0.15) is 11.1 Å². The zero-order valence-corrected chi connectivity index (χ0v) is 10.9. The Morgan fingerprint density at radius 3 is 2.42 bits per heavy atom. The Balaban J connectivity index is 2.33. The van der Waals surface area contributed by atoms with Crippen molar-refractivity contribution in [1.82, 2.24) is 4.98 Å². The number of fused-ring (bicyclic) bond motifs is 1. The van der Waals surface area contributed by atoms with Gasteiger partial charge in [0.25, 0.3) is 0 Å². The van der Waals surface area contributed by atoms with E-state index in [1.54, 1.807) is 6.20 Å². The first-order valence-electron chi connectivity index (χ1n) is 6.07. The summed E-state index contributed by atoms with van der Waals surface area (Å²) >= 11 is 0. The van der Waals surface area contributed by atoms with Gasteiger partial charge in [-0.05, 0) is 32.0 Å². The molecule has 0 spiro atoms. The van der Waals surface area contributed by atoms with Gasteiger partial charge in [-0.1, -0.05) is 17.2 Å². The van der Waals surface area contributed by atoms with Gasteiger partial charge in [-0.2, -0.15) is 0 Å². The highest BCUT2D eigenvalue weighted by atomic mass is 16.3. The van der Waals surface area contributed by atoms with E-state index in [0.717, 1.165) is 16.6 Å². The summed E-state index contributed by atoms with van der Waals surface area (Å²) in [6.45, 7) is 4.11. The number of furan rings is 1. The number of anilines is 2. The Morgan fingerprint density at radius 2 is 1.74 bits per heavy atom. The molecule has 0 aliphatic rings. The van der Waals surface area contributed by atoms with Gasteiger partial charge in [0.2, 0.25) is 5.88 Å². The molecule has 19 heavy (non-hydrogen) atoms. The number of nitrogen functional groups attached to an aromatic ring is 2. The molecule has 0 aliphatic carbocycles. The molecule has 0 unspecified atom stereocenters. The number of nitrogens with two attached hydrogens (primary N) is 2. The van der Waals surface area contributed by atoms with Crippen LogP contribution >= 0.6 is 0 Å². The number of hydrogen-bond acceptors (Lipinski definition) is 4. The molecule has 0 aliphatic heterocycles. The first-order valence-corrected chi connectivity index (χ1v) is 6.07. The summed E-state index contributed by atoms with van der Waals surface area (Å²) < 4.78 is 5.55. The molecule has 2 heterocycles. The van der Waals surface area contributed by atoms with E-state index in [1.165, 1.54) is 11.1 Å². The zero-order valence-electron chi connectivity index (χ0n) is 10.9. The first-order chi connectivity index (χ1) is 9.06. The molecule has 4 nitrogen and oxygen atoms in total. The van der Waals surface area contributed by atoms with E-state index < -0.39 is 0 Å². The Hall–Kier alpha value is -2.49. The lowest BCUT2D eigenvalue weighted by atomic mass is 10.0. The van der Waals surface area contributed by atoms with Crippen molar-refractivity contribution in [1.29, 1.82) is 0 Å². The van der Waals surface area contributed by atoms with Crippen LogP contribution < -0.4 is 11.5 Å². The minimum Gasteiger partial charge on any atom is -0.436 e. The zero-order chi connectivity index (χ0) is 13.6. The second-order valence-electron chi connectivity index (χ2n) is 4.79. The van der Waals surface area contributed by atoms with E-state index in [9.17, 15) is 0 Å². The van der Waals surface area contributed by atoms with Gasteiger partial charge in [0, 0.05) is 17.1 Å². The molecule has 0 amide bonds. The van der Waals surface area contributed by atoms with Crippen molar-refractivity contribution in [2.75, 3.05) is 11.5 Å². The van der Waals surface area contributed by atoms with E-state index in [2.05, 4.69) is 37.0 Å². The molecule has 4 heteroatoms. The fourth-order valence-electron chi connectivity index (χ4n) is 2.38. The predicted molar refractivity (Wildman–Crippen MR) is 77.7 cm³/mol. The maximum absolute atomic E-state index is 5.90. The van der Waals surface area contributed by atoms with Crippen molar-refractivity contribution in [2.45, 2.75) is 13.8 Å². The standard InChI is InChI=1S/C15H15N3O/c1-8-5-9(2)7-10(6-8)13-14-11(3-4-18-13)12(16)15(17)19-14/h3-7H,16-17H2,1-2H3. The van der Waals surface area contributed by atoms with Crippen LogP contribution in [0.25, 0.3) is 22.2 Å². The van der Waals surface area contributed by atoms with E-state index >= 15 is 0 Å². The minimum absolute atomic E-state index is 0.244. The molecular formula is C15H15N3O. The summed E-state index contributed by atoms with van der Waals surface area (Å²) in [6.07, 6.45) is 1.72. The van der Waals surface area contributed by atoms with Crippen molar-refractivity contribution in [3.8, 4) is 11.3 Å². The fraction of sp³-hybridized carbons (Fsp3) is 0.133. The Kier molecular flexibility index (Phi) is 2.45. The molecule has 0 radical (unpaired) electrons. The first kappa shape index (κ1) is 11.6. The number of pyridine rings is 1. The van der Waals surface area contributed by atoms with Gasteiger partial charge >= 0.3 is 0 Å². The van der Waals surface area contributed by atoms with Crippen molar-refractivity contribution in [3.05, 3.63) is 41.6 Å². The second-order valence-corrected chi connectivity index (χ2v) is 4.79. The van der Waals surface area contributed by atoms with Crippen LogP contribution in [0.5, 0.6) is 0 Å². The summed E-state index contributed by atoms with van der Waals surface area (Å²) in [5.74, 6) is 0.244. The third-order valence-corrected chi connectivity index (χ3v) is 3.17. The maximum Gasteiger partial charge on any atom is 0.214 e. The number of aromatic nitrogens is 1. The summed E-state index contributed by atoms with van der Waals surface area (Å²) in [4.78, 5) is 4.41. The second kappa shape index (κ2) is 4.02. The van der Waals surface area contributed by atoms with Gasteiger partial charge in [0.1, 0.15) is 11.4 Å². The molecule has 96 valence electrons. The van der Waals surface area contributed by atoms with Crippen LogP contribution in [0.3, 0.4) is 0 Å². The third kappa shape index (κ3) is 1.81. The Labute approximate surface area is 111 Å². The number of nitrogens with zero attached hydrogens (tertiary/aromatic N) is 1. The highest BCUT2D eigenvalue weighted by Gasteiger charge is 2.14. The summed E-state index contributed by atoms with van der Waals surface area (Å²) in [5, 5.41) is 0.807. The van der Waals surface area contributed by atoms with E-state index in [4.69, 9.17) is 15.9 Å². The molecule has 3 rings (SSSR count). The molecular weight excluding hydrogens is 238 g/mol. The number of benzene rings is 1. The molecule has 0 fully saturated rings. The molecule has 1 aromatic carbocycles. The van der Waals surface area contributed by atoms with Gasteiger partial charge in [-0.15, -0.1) is 0 Å². The average Bonchev–Trinajstić information content (AvgIpc) is 2.64. The summed E-state index contributed by atoms with van der Waals surface area (Å²) in [6, 6.07) is 8.08. The molecule has 0 saturated heterocycles. The largest absolute Gasteiger partial charge is 0.436 e. The normalized spacial score (nSPS) is 11.1. The third-order valence-electron chi connectivity index (χ3n) is 3.17. The van der Waals surface area contributed by atoms with Gasteiger partial charge < -0.3 is 15.9 Å². The van der Waals surface area contributed by atoms with Gasteiger partial charge in [-0.25, -0.2) is 0 Å². The lowest BCUT2D eigenvalue weighted by Crippen LogP contribution is -1.89. The maximum atomic E-state index is 5.90. The van der Waals surface area contributed by atoms with Crippen molar-refractivity contribution >= 4 is 22.5 Å². The van der Waals surface area contributed by atoms with Crippen molar-refractivity contribution in [3.63, 3.8) is 0 Å². The van der Waals surface area contributed by atoms with Crippen LogP contribution in [-0.4, -0.2) is 4.98 Å². The number of aryl methyl sites for hydroxylation is 2. The lowest BCUT2D eigenvalue weighted by molar-refractivity contribution is 0.638. The quantitative estimate of drug-likeness (QED) is 0.697. The topological polar surface area (TPSA) is 78.1 Å². The van der Waals surface area contributed by atoms with Crippen LogP contribution in [0.2, 0.25) is 0 Å². The van der Waals surface area contributed by atoms with Gasteiger partial charge in [-0.3, -0.25) is 4.98 Å². The van der Waals surface area contributed by atoms with Crippen LogP contribution in [0.4, 0.5) is 11.6 Å². The summed E-state index contributed by atoms with van der Waals surface area (Å²) in [5.41, 5.74) is 16.9. The molecule has 0 atom stereocenters. The number of rotatable bonds is 1. The SMILES string of the molecule is Cc1cc(C)cc(-c2nccc3c(N)c(N)oc23)c1. The molecule has 4 N–H and O–H groups in total. The van der Waals surface area contributed by atoms with E-state index in [0.29, 0.717) is 11.3 Å². The summed E-state index contributed by atoms with van der Waals surface area (Å²) in [7, 11) is 0. The van der Waals surface area contributed by atoms with Crippen molar-refractivity contribution < 1.29 is 4.42 Å². The van der Waals surface area contributed by atoms with Gasteiger partial charge in [0.15, 0.2) is 5.58 Å². The van der Waals surface area contributed by atoms with Crippen LogP contribution in [0, 0.1) is 13.8 Å². The smallest absolute Gasteiger partial charge is 0.214 e.